The molecule has 5 rings (SSSR count). The summed E-state index contributed by atoms with van der Waals surface area (Å²) in [5.74, 6) is 0. The first kappa shape index (κ1) is 19.7. The van der Waals surface area contributed by atoms with E-state index >= 15 is 0 Å². The summed E-state index contributed by atoms with van der Waals surface area (Å²) in [4.78, 5) is 12.5. The lowest BCUT2D eigenvalue weighted by Gasteiger charge is -2.43. The molecule has 3 aromatic rings. The lowest BCUT2D eigenvalue weighted by molar-refractivity contribution is 0.0551. The largest absolute Gasteiger partial charge is 0.299 e. The number of hydrogen-bond acceptors (Lipinski definition) is 4. The molecule has 3 heterocycles. The van der Waals surface area contributed by atoms with Gasteiger partial charge >= 0.3 is 0 Å². The molecule has 0 spiro atoms. The van der Waals surface area contributed by atoms with Gasteiger partial charge in [-0.25, -0.2) is 0 Å². The monoisotopic (exact) mass is 400 g/mol. The fourth-order valence-electron chi connectivity index (χ4n) is 5.10. The van der Waals surface area contributed by atoms with Crippen LogP contribution in [0.4, 0.5) is 0 Å². The van der Waals surface area contributed by atoms with E-state index in [1.54, 1.807) is 0 Å². The molecular formula is C26H32N4. The summed E-state index contributed by atoms with van der Waals surface area (Å²) < 4.78 is 0. The van der Waals surface area contributed by atoms with Gasteiger partial charge in [-0.2, -0.15) is 0 Å². The van der Waals surface area contributed by atoms with Gasteiger partial charge in [-0.3, -0.25) is 19.7 Å². The fraction of sp³-hybridized carbons (Fsp3) is 0.423. The Morgan fingerprint density at radius 2 is 1.40 bits per heavy atom. The smallest absolute Gasteiger partial charge is 0.0705 e. The molecule has 0 radical (unpaired) electrons. The summed E-state index contributed by atoms with van der Waals surface area (Å²) in [6.45, 7) is 9.32. The Morgan fingerprint density at radius 1 is 0.700 bits per heavy atom. The molecule has 4 nitrogen and oxygen atoms in total. The van der Waals surface area contributed by atoms with Gasteiger partial charge in [0.2, 0.25) is 0 Å². The van der Waals surface area contributed by atoms with Crippen LogP contribution in [-0.4, -0.2) is 65.0 Å². The van der Waals surface area contributed by atoms with Gasteiger partial charge in [0.1, 0.15) is 0 Å². The van der Waals surface area contributed by atoms with Crippen molar-refractivity contribution in [3.05, 3.63) is 78.0 Å². The first-order valence-electron chi connectivity index (χ1n) is 11.4. The van der Waals surface area contributed by atoms with Crippen LogP contribution in [0, 0.1) is 0 Å². The zero-order valence-electron chi connectivity index (χ0n) is 17.8. The third-order valence-electron chi connectivity index (χ3n) is 6.86. The van der Waals surface area contributed by atoms with E-state index < -0.39 is 0 Å². The van der Waals surface area contributed by atoms with E-state index in [4.69, 9.17) is 0 Å². The van der Waals surface area contributed by atoms with Crippen LogP contribution < -0.4 is 0 Å². The Bertz CT molecular complexity index is 936. The second-order valence-corrected chi connectivity index (χ2v) is 8.79. The van der Waals surface area contributed by atoms with Crippen molar-refractivity contribution in [1.82, 2.24) is 19.7 Å². The number of rotatable bonds is 5. The van der Waals surface area contributed by atoms with Gasteiger partial charge in [0.25, 0.3) is 0 Å². The number of aromatic nitrogens is 1. The highest BCUT2D eigenvalue weighted by Crippen LogP contribution is 2.22. The van der Waals surface area contributed by atoms with Gasteiger partial charge in [0.05, 0.1) is 5.52 Å². The van der Waals surface area contributed by atoms with E-state index in [1.165, 1.54) is 68.6 Å². The zero-order chi connectivity index (χ0) is 20.2. The number of pyridine rings is 1. The van der Waals surface area contributed by atoms with E-state index in [0.717, 1.165) is 24.6 Å². The number of piperazine rings is 1. The quantitative estimate of drug-likeness (QED) is 0.645. The normalized spacial score (nSPS) is 20.0. The van der Waals surface area contributed by atoms with Crippen molar-refractivity contribution >= 4 is 10.9 Å². The molecule has 2 saturated heterocycles. The molecule has 0 bridgehead atoms. The standard InChI is InChI=1S/C26H32N4/c1-2-6-22(7-3-1)20-28-14-11-24(12-15-28)30-18-16-29(17-19-30)21-23-10-13-27-26-9-5-4-8-25(23)26/h1-10,13,24H,11-12,14-21H2. The summed E-state index contributed by atoms with van der Waals surface area (Å²) in [7, 11) is 0. The summed E-state index contributed by atoms with van der Waals surface area (Å²) in [5, 5.41) is 1.30. The molecule has 2 fully saturated rings. The van der Waals surface area contributed by atoms with Crippen LogP contribution in [0.2, 0.25) is 0 Å². The van der Waals surface area contributed by atoms with Crippen molar-refractivity contribution in [1.29, 1.82) is 0 Å². The predicted octanol–water partition coefficient (Wildman–Crippen LogP) is 4.02. The minimum atomic E-state index is 0.765. The molecule has 2 aromatic carbocycles. The highest BCUT2D eigenvalue weighted by molar-refractivity contribution is 5.81. The summed E-state index contributed by atoms with van der Waals surface area (Å²) in [6, 6.07) is 22.4. The minimum absolute atomic E-state index is 0.765. The number of nitrogens with zero attached hydrogens (tertiary/aromatic N) is 4. The van der Waals surface area contributed by atoms with Crippen molar-refractivity contribution < 1.29 is 0 Å². The molecule has 0 N–H and O–H groups in total. The van der Waals surface area contributed by atoms with Crippen LogP contribution in [0.1, 0.15) is 24.0 Å². The Hall–Kier alpha value is -2.27. The number of fused-ring (bicyclic) bond motifs is 1. The molecule has 2 aliphatic rings. The third kappa shape index (κ3) is 4.56. The van der Waals surface area contributed by atoms with Gasteiger partial charge in [-0.15, -0.1) is 0 Å². The van der Waals surface area contributed by atoms with E-state index in [2.05, 4.69) is 80.3 Å². The first-order valence-corrected chi connectivity index (χ1v) is 11.4. The molecule has 0 aliphatic carbocycles. The maximum absolute atomic E-state index is 4.51. The van der Waals surface area contributed by atoms with Crippen molar-refractivity contribution in [3.63, 3.8) is 0 Å². The summed E-state index contributed by atoms with van der Waals surface area (Å²) in [5.41, 5.74) is 3.95. The maximum atomic E-state index is 4.51. The molecule has 0 unspecified atom stereocenters. The predicted molar refractivity (Wildman–Crippen MR) is 123 cm³/mol. The van der Waals surface area contributed by atoms with Crippen molar-refractivity contribution in [2.45, 2.75) is 32.0 Å². The van der Waals surface area contributed by atoms with Crippen molar-refractivity contribution in [3.8, 4) is 0 Å². The van der Waals surface area contributed by atoms with E-state index in [9.17, 15) is 0 Å². The molecule has 156 valence electrons. The number of hydrogen-bond donors (Lipinski definition) is 0. The van der Waals surface area contributed by atoms with Crippen LogP contribution in [-0.2, 0) is 13.1 Å². The molecule has 2 aliphatic heterocycles. The molecule has 0 saturated carbocycles. The lowest BCUT2D eigenvalue weighted by Crippen LogP contribution is -2.52. The fourth-order valence-corrected chi connectivity index (χ4v) is 5.10. The van der Waals surface area contributed by atoms with Crippen LogP contribution in [0.15, 0.2) is 66.9 Å². The zero-order valence-corrected chi connectivity index (χ0v) is 17.8. The maximum Gasteiger partial charge on any atom is 0.0705 e. The number of piperidine rings is 1. The van der Waals surface area contributed by atoms with Gasteiger partial charge in [-0.1, -0.05) is 48.5 Å². The molecule has 30 heavy (non-hydrogen) atoms. The van der Waals surface area contributed by atoms with Crippen molar-refractivity contribution in [2.24, 2.45) is 0 Å². The van der Waals surface area contributed by atoms with Crippen LogP contribution >= 0.6 is 0 Å². The molecule has 0 atom stereocenters. The van der Waals surface area contributed by atoms with Gasteiger partial charge in [-0.05, 0) is 49.2 Å². The van der Waals surface area contributed by atoms with Crippen LogP contribution in [0.25, 0.3) is 10.9 Å². The topological polar surface area (TPSA) is 22.6 Å². The van der Waals surface area contributed by atoms with Gasteiger partial charge in [0, 0.05) is 56.9 Å². The average molecular weight is 401 g/mol. The van der Waals surface area contributed by atoms with Gasteiger partial charge in [0.15, 0.2) is 0 Å². The molecular weight excluding hydrogens is 368 g/mol. The number of para-hydroxylation sites is 1. The highest BCUT2D eigenvalue weighted by atomic mass is 15.3. The Balaban J connectivity index is 1.11. The van der Waals surface area contributed by atoms with E-state index in [0.29, 0.717) is 0 Å². The minimum Gasteiger partial charge on any atom is -0.299 e. The average Bonchev–Trinajstić information content (AvgIpc) is 2.81. The number of likely N-dealkylation sites (tertiary alicyclic amines) is 1. The van der Waals surface area contributed by atoms with E-state index in [1.807, 2.05) is 6.20 Å². The first-order chi connectivity index (χ1) is 14.8. The van der Waals surface area contributed by atoms with E-state index in [-0.39, 0.29) is 0 Å². The highest BCUT2D eigenvalue weighted by Gasteiger charge is 2.27. The lowest BCUT2D eigenvalue weighted by atomic mass is 10.0. The third-order valence-corrected chi connectivity index (χ3v) is 6.86. The SMILES string of the molecule is c1ccc(CN2CCC(N3CCN(Cc4ccnc5ccccc45)CC3)CC2)cc1. The summed E-state index contributed by atoms with van der Waals surface area (Å²) in [6.07, 6.45) is 4.57. The Labute approximate surface area is 180 Å². The molecule has 1 aromatic heterocycles. The molecule has 0 amide bonds. The Kier molecular flexibility index (Phi) is 6.07. The number of benzene rings is 2. The van der Waals surface area contributed by atoms with Gasteiger partial charge < -0.3 is 0 Å². The molecule has 4 heteroatoms. The van der Waals surface area contributed by atoms with Crippen LogP contribution in [0.5, 0.6) is 0 Å². The Morgan fingerprint density at radius 3 is 2.20 bits per heavy atom. The summed E-state index contributed by atoms with van der Waals surface area (Å²) >= 11 is 0. The van der Waals surface area contributed by atoms with Crippen molar-refractivity contribution in [2.75, 3.05) is 39.3 Å². The second-order valence-electron chi connectivity index (χ2n) is 8.79. The van der Waals surface area contributed by atoms with Crippen LogP contribution in [0.3, 0.4) is 0 Å². The second kappa shape index (κ2) is 9.25.